The highest BCUT2D eigenvalue weighted by Gasteiger charge is 2.46. The Labute approximate surface area is 214 Å². The zero-order valence-corrected chi connectivity index (χ0v) is 20.8. The van der Waals surface area contributed by atoms with Crippen molar-refractivity contribution in [2.45, 2.75) is 12.3 Å². The van der Waals surface area contributed by atoms with Crippen molar-refractivity contribution in [1.82, 2.24) is 5.32 Å². The summed E-state index contributed by atoms with van der Waals surface area (Å²) >= 11 is 0. The molecule has 4 aromatic carbocycles. The molecule has 1 N–H and O–H groups in total. The molecule has 0 aliphatic heterocycles. The van der Waals surface area contributed by atoms with Gasteiger partial charge in [-0.1, -0.05) is 116 Å². The quantitative estimate of drug-likeness (QED) is 0.155. The Bertz CT molecular complexity index is 1450. The van der Waals surface area contributed by atoms with E-state index in [-0.39, 0.29) is 0 Å². The van der Waals surface area contributed by atoms with Gasteiger partial charge >= 0.3 is 0 Å². The topological polar surface area (TPSA) is 24.4 Å². The molecule has 0 saturated heterocycles. The van der Waals surface area contributed by atoms with Crippen LogP contribution in [0.15, 0.2) is 145 Å². The zero-order chi connectivity index (χ0) is 25.1. The Hall–Kier alpha value is -4.43. The summed E-state index contributed by atoms with van der Waals surface area (Å²) in [6.45, 7) is 10.0. The van der Waals surface area contributed by atoms with Gasteiger partial charge < -0.3 is 5.32 Å². The normalized spacial score (nSPS) is 14.1. The molecule has 176 valence electrons. The number of fused-ring (bicyclic) bond motifs is 3. The Kier molecular flexibility index (Phi) is 6.26. The van der Waals surface area contributed by atoms with Crippen molar-refractivity contribution in [2.75, 3.05) is 7.05 Å². The molecule has 0 saturated carbocycles. The SMILES string of the molecule is C=C/C(C)=C/C(=C)NC(=NC)c1ccc2c(c1)C(c1ccccc1)(c1ccccc1)c1ccccc1-2. The van der Waals surface area contributed by atoms with Crippen LogP contribution in [0.4, 0.5) is 0 Å². The summed E-state index contributed by atoms with van der Waals surface area (Å²) in [4.78, 5) is 4.59. The Balaban J connectivity index is 1.75. The molecule has 0 bridgehead atoms. The lowest BCUT2D eigenvalue weighted by Crippen LogP contribution is -2.29. The maximum atomic E-state index is 4.59. The monoisotopic (exact) mass is 466 g/mol. The van der Waals surface area contributed by atoms with Crippen LogP contribution in [0.5, 0.6) is 0 Å². The molecule has 0 radical (unpaired) electrons. The first-order valence-corrected chi connectivity index (χ1v) is 12.2. The number of hydrogen-bond acceptors (Lipinski definition) is 1. The molecule has 2 nitrogen and oxygen atoms in total. The number of hydrogen-bond donors (Lipinski definition) is 1. The van der Waals surface area contributed by atoms with Crippen molar-refractivity contribution in [3.8, 4) is 11.1 Å². The van der Waals surface area contributed by atoms with Crippen LogP contribution in [-0.4, -0.2) is 12.9 Å². The van der Waals surface area contributed by atoms with Gasteiger partial charge in [-0.15, -0.1) is 0 Å². The molecule has 0 spiro atoms. The first kappa shape index (κ1) is 23.3. The summed E-state index contributed by atoms with van der Waals surface area (Å²) < 4.78 is 0. The maximum Gasteiger partial charge on any atom is 0.132 e. The van der Waals surface area contributed by atoms with Gasteiger partial charge in [0.25, 0.3) is 0 Å². The standard InChI is InChI=1S/C34H30N2/c1-5-24(2)22-25(3)36-33(35-4)26-20-21-30-29-18-12-13-19-31(29)34(32(30)23-26,27-14-8-6-9-15-27)28-16-10-7-11-17-28/h5-23H,1,3H2,2,4H3,(H,35,36)/b24-22+. The van der Waals surface area contributed by atoms with Gasteiger partial charge in [0, 0.05) is 18.3 Å². The van der Waals surface area contributed by atoms with Crippen LogP contribution in [0.2, 0.25) is 0 Å². The van der Waals surface area contributed by atoms with Gasteiger partial charge in [0.1, 0.15) is 5.84 Å². The Morgan fingerprint density at radius 2 is 1.36 bits per heavy atom. The molecule has 1 aliphatic carbocycles. The molecule has 0 unspecified atom stereocenters. The molecule has 0 atom stereocenters. The minimum absolute atomic E-state index is 0.431. The number of nitrogens with one attached hydrogen (secondary N) is 1. The van der Waals surface area contributed by atoms with E-state index < -0.39 is 5.41 Å². The second-order valence-electron chi connectivity index (χ2n) is 9.10. The number of aliphatic imine (C=N–C) groups is 1. The van der Waals surface area contributed by atoms with Crippen molar-refractivity contribution in [3.63, 3.8) is 0 Å². The van der Waals surface area contributed by atoms with Crippen molar-refractivity contribution >= 4 is 5.84 Å². The minimum atomic E-state index is -0.431. The van der Waals surface area contributed by atoms with E-state index in [1.54, 1.807) is 0 Å². The maximum absolute atomic E-state index is 4.59. The van der Waals surface area contributed by atoms with E-state index in [0.29, 0.717) is 0 Å². The van der Waals surface area contributed by atoms with Crippen molar-refractivity contribution in [3.05, 3.63) is 168 Å². The van der Waals surface area contributed by atoms with E-state index in [4.69, 9.17) is 0 Å². The third-order valence-corrected chi connectivity index (χ3v) is 6.96. The smallest absolute Gasteiger partial charge is 0.132 e. The second kappa shape index (κ2) is 9.67. The summed E-state index contributed by atoms with van der Waals surface area (Å²) in [6.07, 6.45) is 3.79. The van der Waals surface area contributed by atoms with Crippen LogP contribution in [0, 0.1) is 0 Å². The number of amidine groups is 1. The first-order valence-electron chi connectivity index (χ1n) is 12.2. The molecule has 1 aliphatic rings. The van der Waals surface area contributed by atoms with Gasteiger partial charge in [0.15, 0.2) is 0 Å². The van der Waals surface area contributed by atoms with Crippen LogP contribution >= 0.6 is 0 Å². The molecule has 36 heavy (non-hydrogen) atoms. The van der Waals surface area contributed by atoms with E-state index >= 15 is 0 Å². The van der Waals surface area contributed by atoms with Gasteiger partial charge in [-0.2, -0.15) is 0 Å². The average molecular weight is 467 g/mol. The summed E-state index contributed by atoms with van der Waals surface area (Å²) in [5.74, 6) is 0.780. The summed E-state index contributed by atoms with van der Waals surface area (Å²) in [5.41, 5.74) is 9.96. The highest BCUT2D eigenvalue weighted by molar-refractivity contribution is 6.01. The fraction of sp³-hybridized carbons (Fsp3) is 0.0882. The molecule has 0 aromatic heterocycles. The number of benzene rings is 4. The fourth-order valence-corrected chi connectivity index (χ4v) is 5.37. The predicted molar refractivity (Wildman–Crippen MR) is 152 cm³/mol. The molecule has 0 amide bonds. The third kappa shape index (κ3) is 3.81. The zero-order valence-electron chi connectivity index (χ0n) is 20.8. The van der Waals surface area contributed by atoms with E-state index in [1.165, 1.54) is 33.4 Å². The van der Waals surface area contributed by atoms with Gasteiger partial charge in [0.2, 0.25) is 0 Å². The fourth-order valence-electron chi connectivity index (χ4n) is 5.37. The van der Waals surface area contributed by atoms with E-state index in [2.05, 4.69) is 127 Å². The summed E-state index contributed by atoms with van der Waals surface area (Å²) in [7, 11) is 1.81. The highest BCUT2D eigenvalue weighted by Crippen LogP contribution is 2.56. The highest BCUT2D eigenvalue weighted by atomic mass is 15.0. The Morgan fingerprint density at radius 3 is 1.97 bits per heavy atom. The van der Waals surface area contributed by atoms with Crippen LogP contribution in [0.3, 0.4) is 0 Å². The second-order valence-corrected chi connectivity index (χ2v) is 9.10. The predicted octanol–water partition coefficient (Wildman–Crippen LogP) is 7.66. The molecular weight excluding hydrogens is 436 g/mol. The lowest BCUT2D eigenvalue weighted by molar-refractivity contribution is 0.768. The molecule has 4 aromatic rings. The van der Waals surface area contributed by atoms with Crippen LogP contribution in [0.25, 0.3) is 11.1 Å². The molecule has 0 fully saturated rings. The molecular formula is C34H30N2. The van der Waals surface area contributed by atoms with Gasteiger partial charge in [0.05, 0.1) is 5.41 Å². The van der Waals surface area contributed by atoms with Crippen LogP contribution in [0.1, 0.15) is 34.7 Å². The lowest BCUT2D eigenvalue weighted by atomic mass is 9.67. The largest absolute Gasteiger partial charge is 0.341 e. The average Bonchev–Trinajstić information content (AvgIpc) is 3.23. The molecule has 0 heterocycles. The van der Waals surface area contributed by atoms with E-state index in [9.17, 15) is 0 Å². The van der Waals surface area contributed by atoms with Crippen molar-refractivity contribution in [2.24, 2.45) is 4.99 Å². The van der Waals surface area contributed by atoms with Gasteiger partial charge in [-0.3, -0.25) is 4.99 Å². The van der Waals surface area contributed by atoms with Crippen molar-refractivity contribution < 1.29 is 0 Å². The van der Waals surface area contributed by atoms with Gasteiger partial charge in [-0.25, -0.2) is 0 Å². The van der Waals surface area contributed by atoms with Crippen LogP contribution < -0.4 is 5.32 Å². The van der Waals surface area contributed by atoms with Gasteiger partial charge in [-0.05, 0) is 58.0 Å². The summed E-state index contributed by atoms with van der Waals surface area (Å²) in [6, 6.07) is 37.1. The van der Waals surface area contributed by atoms with Crippen molar-refractivity contribution in [1.29, 1.82) is 0 Å². The van der Waals surface area contributed by atoms with E-state index in [0.717, 1.165) is 22.7 Å². The number of allylic oxidation sites excluding steroid dienone is 3. The summed E-state index contributed by atoms with van der Waals surface area (Å²) in [5, 5.41) is 3.40. The van der Waals surface area contributed by atoms with E-state index in [1.807, 2.05) is 26.1 Å². The number of rotatable bonds is 6. The molecule has 5 rings (SSSR count). The third-order valence-electron chi connectivity index (χ3n) is 6.96. The minimum Gasteiger partial charge on any atom is -0.341 e. The number of nitrogens with zero attached hydrogens (tertiary/aromatic N) is 1. The Morgan fingerprint density at radius 1 is 0.778 bits per heavy atom. The molecule has 2 heteroatoms. The first-order chi connectivity index (χ1) is 17.6. The van der Waals surface area contributed by atoms with Crippen LogP contribution in [-0.2, 0) is 5.41 Å². The lowest BCUT2D eigenvalue weighted by Gasteiger charge is -2.34.